The van der Waals surface area contributed by atoms with E-state index in [4.69, 9.17) is 15.2 Å². The van der Waals surface area contributed by atoms with E-state index in [0.717, 1.165) is 34.0 Å². The van der Waals surface area contributed by atoms with Gasteiger partial charge in [0.1, 0.15) is 5.82 Å². The van der Waals surface area contributed by atoms with Gasteiger partial charge in [-0.15, -0.1) is 0 Å². The largest absolute Gasteiger partial charge is 0.399 e. The topological polar surface area (TPSA) is 69.9 Å². The highest BCUT2D eigenvalue weighted by Gasteiger charge is 2.29. The van der Waals surface area contributed by atoms with Gasteiger partial charge in [0.05, 0.1) is 23.3 Å². The summed E-state index contributed by atoms with van der Waals surface area (Å²) in [4.78, 5) is 4.76. The number of nitrogens with zero attached hydrogens (tertiary/aromatic N) is 3. The van der Waals surface area contributed by atoms with Crippen LogP contribution in [0.2, 0.25) is 0 Å². The average Bonchev–Trinajstić information content (AvgIpc) is 3.10. The Morgan fingerprint density at radius 2 is 2.20 bits per heavy atom. The highest BCUT2D eigenvalue weighted by molar-refractivity contribution is 5.80. The number of imidazole rings is 1. The third kappa shape index (κ3) is 1.86. The minimum absolute atomic E-state index is 0.577. The predicted octanol–water partition coefficient (Wildman–Crippen LogP) is 2.84. The monoisotopic (exact) mass is 268 g/mol. The molecule has 4 rings (SSSR count). The Morgan fingerprint density at radius 1 is 1.35 bits per heavy atom. The number of nitrogens with two attached hydrogens (primary N) is 1. The first-order valence-corrected chi connectivity index (χ1v) is 6.88. The SMILES string of the molecule is Cc1cc(Cn2c(C3CC3)nc3cc(N)ccc32)on1. The van der Waals surface area contributed by atoms with Crippen molar-refractivity contribution >= 4 is 16.7 Å². The molecule has 5 heteroatoms. The molecule has 102 valence electrons. The summed E-state index contributed by atoms with van der Waals surface area (Å²) >= 11 is 0. The van der Waals surface area contributed by atoms with E-state index in [9.17, 15) is 0 Å². The van der Waals surface area contributed by atoms with Crippen LogP contribution >= 0.6 is 0 Å². The van der Waals surface area contributed by atoms with Crippen molar-refractivity contribution in [2.24, 2.45) is 0 Å². The Balaban J connectivity index is 1.84. The van der Waals surface area contributed by atoms with Gasteiger partial charge in [0.2, 0.25) is 0 Å². The first kappa shape index (κ1) is 11.5. The molecule has 2 aromatic heterocycles. The Morgan fingerprint density at radius 3 is 2.90 bits per heavy atom. The normalized spacial score (nSPS) is 15.1. The van der Waals surface area contributed by atoms with E-state index < -0.39 is 0 Å². The van der Waals surface area contributed by atoms with Crippen molar-refractivity contribution in [3.05, 3.63) is 41.5 Å². The number of nitrogen functional groups attached to an aromatic ring is 1. The van der Waals surface area contributed by atoms with Crippen LogP contribution in [0.4, 0.5) is 5.69 Å². The molecule has 0 unspecified atom stereocenters. The number of aryl methyl sites for hydroxylation is 1. The highest BCUT2D eigenvalue weighted by Crippen LogP contribution is 2.41. The van der Waals surface area contributed by atoms with E-state index in [0.29, 0.717) is 12.5 Å². The molecule has 0 amide bonds. The second-order valence-corrected chi connectivity index (χ2v) is 5.51. The van der Waals surface area contributed by atoms with E-state index >= 15 is 0 Å². The van der Waals surface area contributed by atoms with Crippen LogP contribution in [-0.4, -0.2) is 14.7 Å². The molecule has 1 fully saturated rings. The number of rotatable bonds is 3. The van der Waals surface area contributed by atoms with Gasteiger partial charge in [-0.3, -0.25) is 0 Å². The van der Waals surface area contributed by atoms with Gasteiger partial charge >= 0.3 is 0 Å². The lowest BCUT2D eigenvalue weighted by Gasteiger charge is -2.06. The van der Waals surface area contributed by atoms with Crippen LogP contribution in [0.1, 0.15) is 36.0 Å². The molecule has 0 atom stereocenters. The van der Waals surface area contributed by atoms with Crippen molar-refractivity contribution in [2.45, 2.75) is 32.2 Å². The summed E-state index contributed by atoms with van der Waals surface area (Å²) in [5, 5.41) is 3.95. The Bertz CT molecular complexity index is 782. The van der Waals surface area contributed by atoms with Crippen molar-refractivity contribution in [3.63, 3.8) is 0 Å². The van der Waals surface area contributed by atoms with Crippen molar-refractivity contribution < 1.29 is 4.52 Å². The molecule has 1 saturated carbocycles. The van der Waals surface area contributed by atoms with Crippen LogP contribution < -0.4 is 5.73 Å². The summed E-state index contributed by atoms with van der Waals surface area (Å²) in [6, 6.07) is 7.86. The molecule has 1 aliphatic carbocycles. The molecule has 3 aromatic rings. The maximum Gasteiger partial charge on any atom is 0.156 e. The van der Waals surface area contributed by atoms with Crippen LogP contribution in [0.25, 0.3) is 11.0 Å². The van der Waals surface area contributed by atoms with Crippen LogP contribution in [0.5, 0.6) is 0 Å². The number of benzene rings is 1. The molecule has 1 aliphatic rings. The van der Waals surface area contributed by atoms with Crippen molar-refractivity contribution in [1.82, 2.24) is 14.7 Å². The van der Waals surface area contributed by atoms with Crippen molar-refractivity contribution in [2.75, 3.05) is 5.73 Å². The molecule has 2 heterocycles. The van der Waals surface area contributed by atoms with Crippen LogP contribution in [-0.2, 0) is 6.54 Å². The molecule has 0 saturated heterocycles. The number of hydrogen-bond donors (Lipinski definition) is 1. The summed E-state index contributed by atoms with van der Waals surface area (Å²) in [6.07, 6.45) is 2.43. The van der Waals surface area contributed by atoms with Gasteiger partial charge < -0.3 is 14.8 Å². The fourth-order valence-corrected chi connectivity index (χ4v) is 2.63. The highest BCUT2D eigenvalue weighted by atomic mass is 16.5. The predicted molar refractivity (Wildman–Crippen MR) is 76.5 cm³/mol. The number of fused-ring (bicyclic) bond motifs is 1. The molecule has 2 N–H and O–H groups in total. The van der Waals surface area contributed by atoms with Gasteiger partial charge in [-0.2, -0.15) is 0 Å². The van der Waals surface area contributed by atoms with Gasteiger partial charge in [0.15, 0.2) is 5.76 Å². The Kier molecular flexibility index (Phi) is 2.36. The summed E-state index contributed by atoms with van der Waals surface area (Å²) in [5.74, 6) is 2.58. The number of aromatic nitrogens is 3. The molecule has 0 aliphatic heterocycles. The fraction of sp³-hybridized carbons (Fsp3) is 0.333. The smallest absolute Gasteiger partial charge is 0.156 e. The van der Waals surface area contributed by atoms with E-state index in [1.165, 1.54) is 12.8 Å². The van der Waals surface area contributed by atoms with E-state index in [2.05, 4.69) is 9.72 Å². The summed E-state index contributed by atoms with van der Waals surface area (Å²) in [5.41, 5.74) is 9.58. The van der Waals surface area contributed by atoms with Gasteiger partial charge in [-0.05, 0) is 38.0 Å². The lowest BCUT2D eigenvalue weighted by atomic mass is 10.2. The second kappa shape index (κ2) is 4.10. The van der Waals surface area contributed by atoms with E-state index in [1.54, 1.807) is 0 Å². The summed E-state index contributed by atoms with van der Waals surface area (Å²) in [7, 11) is 0. The van der Waals surface area contributed by atoms with Crippen LogP contribution in [0.3, 0.4) is 0 Å². The van der Waals surface area contributed by atoms with E-state index in [1.807, 2.05) is 31.2 Å². The maximum atomic E-state index is 5.85. The molecule has 0 spiro atoms. The zero-order chi connectivity index (χ0) is 13.7. The van der Waals surface area contributed by atoms with Gasteiger partial charge in [0.25, 0.3) is 0 Å². The van der Waals surface area contributed by atoms with Crippen LogP contribution in [0, 0.1) is 6.92 Å². The van der Waals surface area contributed by atoms with Gasteiger partial charge in [0, 0.05) is 17.7 Å². The standard InChI is InChI=1S/C15H16N4O/c1-9-6-12(20-18-9)8-19-14-5-4-11(16)7-13(14)17-15(19)10-2-3-10/h4-7,10H,2-3,8,16H2,1H3. The molecule has 1 aromatic carbocycles. The van der Waals surface area contributed by atoms with Crippen molar-refractivity contribution in [3.8, 4) is 0 Å². The van der Waals surface area contributed by atoms with E-state index in [-0.39, 0.29) is 0 Å². The summed E-state index contributed by atoms with van der Waals surface area (Å²) < 4.78 is 7.57. The third-order valence-corrected chi connectivity index (χ3v) is 3.74. The fourth-order valence-electron chi connectivity index (χ4n) is 2.63. The average molecular weight is 268 g/mol. The zero-order valence-corrected chi connectivity index (χ0v) is 11.3. The molecule has 0 bridgehead atoms. The van der Waals surface area contributed by atoms with Crippen LogP contribution in [0.15, 0.2) is 28.8 Å². The molecule has 20 heavy (non-hydrogen) atoms. The summed E-state index contributed by atoms with van der Waals surface area (Å²) in [6.45, 7) is 2.61. The Hall–Kier alpha value is -2.30. The first-order valence-electron chi connectivity index (χ1n) is 6.88. The maximum absolute atomic E-state index is 5.85. The van der Waals surface area contributed by atoms with Gasteiger partial charge in [-0.1, -0.05) is 5.16 Å². The van der Waals surface area contributed by atoms with Gasteiger partial charge in [-0.25, -0.2) is 4.98 Å². The Labute approximate surface area is 116 Å². The molecular formula is C15H16N4O. The number of anilines is 1. The molecule has 0 radical (unpaired) electrons. The number of hydrogen-bond acceptors (Lipinski definition) is 4. The zero-order valence-electron chi connectivity index (χ0n) is 11.3. The first-order chi connectivity index (χ1) is 9.70. The lowest BCUT2D eigenvalue weighted by Crippen LogP contribution is -2.03. The lowest BCUT2D eigenvalue weighted by molar-refractivity contribution is 0.372. The minimum atomic E-state index is 0.577. The second-order valence-electron chi connectivity index (χ2n) is 5.51. The quantitative estimate of drug-likeness (QED) is 0.741. The molecular weight excluding hydrogens is 252 g/mol. The van der Waals surface area contributed by atoms with Crippen molar-refractivity contribution in [1.29, 1.82) is 0 Å². The molecule has 5 nitrogen and oxygen atoms in total. The minimum Gasteiger partial charge on any atom is -0.399 e. The third-order valence-electron chi connectivity index (χ3n) is 3.74.